The zero-order valence-corrected chi connectivity index (χ0v) is 46.2. The Hall–Kier alpha value is -8.54. The molecule has 0 bridgehead atoms. The van der Waals surface area contributed by atoms with E-state index >= 15 is 0 Å². The molecule has 0 unspecified atom stereocenters. The molecular weight excluding hydrogens is 1050 g/mol. The maximum Gasteiger partial charge on any atom is 0.258 e. The first kappa shape index (κ1) is 61.1. The molecule has 0 saturated carbocycles. The number of aliphatic hydroxyl groups is 4. The van der Waals surface area contributed by atoms with Crippen molar-refractivity contribution >= 4 is 35.1 Å². The van der Waals surface area contributed by atoms with Crippen LogP contribution in [0.2, 0.25) is 0 Å². The van der Waals surface area contributed by atoms with Crippen LogP contribution in [0, 0.1) is 11.6 Å². The normalized spacial score (nSPS) is 12.7. The fraction of sp³-hybridized carbons (Fsp3) is 0.273. The van der Waals surface area contributed by atoms with Crippen LogP contribution < -0.4 is 20.8 Å². The molecule has 0 aliphatic rings. The minimum absolute atomic E-state index is 0.121. The Morgan fingerprint density at radius 1 is 0.439 bits per heavy atom. The third-order valence-corrected chi connectivity index (χ3v) is 13.8. The summed E-state index contributed by atoms with van der Waals surface area (Å²) >= 11 is 0. The van der Waals surface area contributed by atoms with E-state index < -0.39 is 60.8 Å². The van der Waals surface area contributed by atoms with Gasteiger partial charge in [-0.1, -0.05) is 125 Å². The van der Waals surface area contributed by atoms with Gasteiger partial charge in [-0.05, 0) is 133 Å². The number of anilines is 2. The van der Waals surface area contributed by atoms with Gasteiger partial charge in [0.05, 0.1) is 46.9 Å². The molecule has 0 spiro atoms. The highest BCUT2D eigenvalue weighted by Gasteiger charge is 2.33. The molecule has 16 heteroatoms. The second-order valence-electron chi connectivity index (χ2n) is 20.8. The van der Waals surface area contributed by atoms with Crippen LogP contribution in [0.4, 0.5) is 20.2 Å². The maximum absolute atomic E-state index is 14.0. The number of benzene rings is 6. The Kier molecular flexibility index (Phi) is 21.4. The Labute approximate surface area is 476 Å². The molecule has 4 atom stereocenters. The first-order chi connectivity index (χ1) is 39.3. The number of hydrogen-bond donors (Lipinski definition) is 6. The monoisotopic (exact) mass is 1110 g/mol. The van der Waals surface area contributed by atoms with Crippen LogP contribution in [0.5, 0.6) is 0 Å². The van der Waals surface area contributed by atoms with Crippen molar-refractivity contribution in [2.24, 2.45) is 0 Å². The van der Waals surface area contributed by atoms with E-state index in [-0.39, 0.29) is 62.4 Å². The highest BCUT2D eigenvalue weighted by molar-refractivity contribution is 6.13. The molecule has 0 aliphatic heterocycles. The van der Waals surface area contributed by atoms with Gasteiger partial charge in [0, 0.05) is 71.8 Å². The van der Waals surface area contributed by atoms with E-state index in [1.165, 1.54) is 24.3 Å². The van der Waals surface area contributed by atoms with Gasteiger partial charge in [0.2, 0.25) is 0 Å². The Balaban J connectivity index is 0.000000236. The highest BCUT2D eigenvalue weighted by atomic mass is 19.1. The summed E-state index contributed by atoms with van der Waals surface area (Å²) in [5.74, 6) is -4.41. The van der Waals surface area contributed by atoms with Gasteiger partial charge in [-0.25, -0.2) is 8.78 Å². The van der Waals surface area contributed by atoms with E-state index in [1.807, 2.05) is 134 Å². The van der Waals surface area contributed by atoms with Crippen LogP contribution in [0.25, 0.3) is 44.8 Å². The molecule has 2 aromatic heterocycles. The lowest BCUT2D eigenvalue weighted by atomic mass is 9.94. The topological polar surface area (TPSA) is 229 Å². The summed E-state index contributed by atoms with van der Waals surface area (Å²) in [6.07, 6.45) is -5.54. The molecule has 0 saturated heterocycles. The Morgan fingerprint density at radius 2 is 0.744 bits per heavy atom. The van der Waals surface area contributed by atoms with E-state index in [4.69, 9.17) is 0 Å². The van der Waals surface area contributed by atoms with Crippen LogP contribution in [0.1, 0.15) is 110 Å². The number of carboxylic acid groups (broad SMARTS) is 2. The first-order valence-corrected chi connectivity index (χ1v) is 27.3. The van der Waals surface area contributed by atoms with Crippen molar-refractivity contribution in [2.75, 3.05) is 10.6 Å². The number of para-hydroxylation sites is 2. The van der Waals surface area contributed by atoms with E-state index in [9.17, 15) is 58.6 Å². The van der Waals surface area contributed by atoms with Crippen molar-refractivity contribution in [1.29, 1.82) is 0 Å². The smallest absolute Gasteiger partial charge is 0.258 e. The van der Waals surface area contributed by atoms with Crippen molar-refractivity contribution < 1.29 is 58.6 Å². The average molecular weight is 1120 g/mol. The van der Waals surface area contributed by atoms with E-state index in [0.717, 1.165) is 22.5 Å². The van der Waals surface area contributed by atoms with Gasteiger partial charge in [0.25, 0.3) is 11.8 Å². The first-order valence-electron chi connectivity index (χ1n) is 27.3. The number of carboxylic acids is 2. The molecule has 2 heterocycles. The second-order valence-corrected chi connectivity index (χ2v) is 20.8. The minimum Gasteiger partial charge on any atom is -0.550 e. The molecule has 428 valence electrons. The van der Waals surface area contributed by atoms with E-state index in [2.05, 4.69) is 10.6 Å². The van der Waals surface area contributed by atoms with Crippen molar-refractivity contribution in [3.8, 4) is 44.8 Å². The third kappa shape index (κ3) is 15.9. The number of nitrogens with one attached hydrogen (secondary N) is 2. The number of carbonyl (C=O) groups is 4. The summed E-state index contributed by atoms with van der Waals surface area (Å²) in [7, 11) is 0. The highest BCUT2D eigenvalue weighted by Crippen LogP contribution is 2.45. The largest absolute Gasteiger partial charge is 0.550 e. The summed E-state index contributed by atoms with van der Waals surface area (Å²) < 4.78 is 32.0. The van der Waals surface area contributed by atoms with Crippen LogP contribution in [0.3, 0.4) is 0 Å². The number of carbonyl (C=O) groups excluding carboxylic acids is 4. The van der Waals surface area contributed by atoms with Crippen LogP contribution in [0.15, 0.2) is 170 Å². The molecule has 0 radical (unpaired) electrons. The summed E-state index contributed by atoms with van der Waals surface area (Å²) in [5, 5.41) is 69.2. The molecule has 0 fully saturated rings. The zero-order chi connectivity index (χ0) is 59.0. The van der Waals surface area contributed by atoms with Gasteiger partial charge in [-0.3, -0.25) is 9.59 Å². The van der Waals surface area contributed by atoms with E-state index in [0.29, 0.717) is 56.1 Å². The van der Waals surface area contributed by atoms with Gasteiger partial charge in [0.15, 0.2) is 0 Å². The number of nitrogens with zero attached hydrogens (tertiary/aromatic N) is 2. The molecule has 8 aromatic rings. The van der Waals surface area contributed by atoms with E-state index in [1.54, 1.807) is 48.5 Å². The number of amides is 2. The Bertz CT molecular complexity index is 3160. The number of hydrogen-bond acceptors (Lipinski definition) is 10. The molecule has 8 rings (SSSR count). The van der Waals surface area contributed by atoms with Crippen molar-refractivity contribution in [2.45, 2.75) is 116 Å². The lowest BCUT2D eigenvalue weighted by Crippen LogP contribution is -2.29. The third-order valence-electron chi connectivity index (χ3n) is 13.8. The predicted molar refractivity (Wildman–Crippen MR) is 309 cm³/mol. The van der Waals surface area contributed by atoms with Crippen molar-refractivity contribution in [3.05, 3.63) is 204 Å². The number of aliphatic hydroxyl groups excluding tert-OH is 4. The van der Waals surface area contributed by atoms with Crippen LogP contribution in [-0.2, 0) is 22.7 Å². The van der Waals surface area contributed by atoms with Crippen LogP contribution >= 0.6 is 0 Å². The summed E-state index contributed by atoms with van der Waals surface area (Å²) in [6, 6.07) is 49.4. The Morgan fingerprint density at radius 3 is 1.04 bits per heavy atom. The molecular formula is C66H68F2N4O10-2. The molecule has 0 aliphatic carbocycles. The standard InChI is InChI=1S/2C33H35FN2O5/c2*1-21(2)31-30(33(41)35-25-11-7-4-8-12-25)29(22-9-5-3-6-10-22)32(23-13-15-24(34)16-14-23)36(31)18-17-26(37)19-27(38)20-28(39)40/h2*3-16,21,26-27,37-38H,17-20H2,1-2H3,(H,35,41)(H,39,40)/p-2/t2*26-,27-/m11/s1. The fourth-order valence-corrected chi connectivity index (χ4v) is 10.4. The molecule has 6 N–H and O–H groups in total. The molecule has 6 aromatic carbocycles. The molecule has 2 amide bonds. The molecule has 82 heavy (non-hydrogen) atoms. The number of aromatic nitrogens is 2. The summed E-state index contributed by atoms with van der Waals surface area (Å²) in [5.41, 5.74) is 9.43. The SMILES string of the molecule is CC(C)c1c(C(=O)Nc2ccccc2)c(-c2ccccc2)c(-c2ccc(F)cc2)n1CC[C@@H](O)C[C@@H](O)CC(=O)[O-].CC(C)c1c(C(=O)Nc2ccccc2)c(-c2ccccc2)c(-c2ccc(F)cc2)n1CC[C@@H](O)C[C@@H](O)CC(=O)[O-]. The average Bonchev–Trinajstić information content (AvgIpc) is 3.78. The molecule has 14 nitrogen and oxygen atoms in total. The van der Waals surface area contributed by atoms with Crippen LogP contribution in [-0.4, -0.2) is 77.7 Å². The van der Waals surface area contributed by atoms with Gasteiger partial charge < -0.3 is 60.0 Å². The lowest BCUT2D eigenvalue weighted by Gasteiger charge is -2.20. The predicted octanol–water partition coefficient (Wildman–Crippen LogP) is 9.96. The number of rotatable bonds is 24. The second kappa shape index (κ2) is 28.7. The van der Waals surface area contributed by atoms with Gasteiger partial charge in [-0.15, -0.1) is 0 Å². The van der Waals surface area contributed by atoms with Gasteiger partial charge >= 0.3 is 0 Å². The van der Waals surface area contributed by atoms with Crippen molar-refractivity contribution in [3.63, 3.8) is 0 Å². The minimum atomic E-state index is -1.39. The lowest BCUT2D eigenvalue weighted by molar-refractivity contribution is -0.309. The van der Waals surface area contributed by atoms with Gasteiger partial charge in [0.1, 0.15) is 11.6 Å². The van der Waals surface area contributed by atoms with Gasteiger partial charge in [-0.2, -0.15) is 0 Å². The fourth-order valence-electron chi connectivity index (χ4n) is 10.4. The summed E-state index contributed by atoms with van der Waals surface area (Å²) in [4.78, 5) is 49.8. The quantitative estimate of drug-likeness (QED) is 0.0335. The zero-order valence-electron chi connectivity index (χ0n) is 46.2. The van der Waals surface area contributed by atoms with Crippen molar-refractivity contribution in [1.82, 2.24) is 9.13 Å². The number of halogens is 2. The maximum atomic E-state index is 14.0. The summed E-state index contributed by atoms with van der Waals surface area (Å²) in [6.45, 7) is 8.45. The number of aliphatic carboxylic acids is 2.